The summed E-state index contributed by atoms with van der Waals surface area (Å²) in [6.45, 7) is 1.64. The summed E-state index contributed by atoms with van der Waals surface area (Å²) in [5, 5.41) is 0. The Hall–Kier alpha value is -2.56. The van der Waals surface area contributed by atoms with Gasteiger partial charge in [-0.05, 0) is 13.0 Å². The van der Waals surface area contributed by atoms with Crippen LogP contribution in [0, 0.1) is 0 Å². The van der Waals surface area contributed by atoms with Crippen LogP contribution in [0.25, 0.3) is 5.57 Å². The maximum atomic E-state index is 11.7. The molecule has 5 heteroatoms. The first-order chi connectivity index (χ1) is 9.15. The molecule has 1 aromatic rings. The third kappa shape index (κ3) is 1.99. The molecule has 1 atom stereocenters. The zero-order valence-corrected chi connectivity index (χ0v) is 10.1. The number of hydrogen-bond acceptors (Lipinski definition) is 5. The van der Waals surface area contributed by atoms with Crippen molar-refractivity contribution in [3.05, 3.63) is 47.7 Å². The number of fused-ring (bicyclic) bond motifs is 1. The molecule has 0 bridgehead atoms. The van der Waals surface area contributed by atoms with E-state index in [-0.39, 0.29) is 0 Å². The second kappa shape index (κ2) is 4.28. The Bertz CT molecular complexity index is 626. The molecule has 96 valence electrons. The van der Waals surface area contributed by atoms with Crippen LogP contribution in [0.2, 0.25) is 0 Å². The maximum Gasteiger partial charge on any atom is 0.347 e. The first-order valence-electron chi connectivity index (χ1n) is 5.72. The Balaban J connectivity index is 1.82. The molecule has 2 aliphatic heterocycles. The monoisotopic (exact) mass is 258 g/mol. The number of esters is 2. The molecule has 0 saturated carbocycles. The van der Waals surface area contributed by atoms with Gasteiger partial charge in [0.2, 0.25) is 0 Å². The Kier molecular flexibility index (Phi) is 2.59. The van der Waals surface area contributed by atoms with E-state index in [9.17, 15) is 9.59 Å². The molecule has 1 aromatic carbocycles. The minimum Gasteiger partial charge on any atom is -0.458 e. The number of rotatable bonds is 2. The molecule has 0 spiro atoms. The van der Waals surface area contributed by atoms with Crippen molar-refractivity contribution in [2.75, 3.05) is 0 Å². The van der Waals surface area contributed by atoms with Crippen LogP contribution in [0.1, 0.15) is 12.5 Å². The van der Waals surface area contributed by atoms with Crippen LogP contribution >= 0.6 is 0 Å². The van der Waals surface area contributed by atoms with Gasteiger partial charge in [0, 0.05) is 17.2 Å². The van der Waals surface area contributed by atoms with Crippen LogP contribution in [0.4, 0.5) is 0 Å². The van der Waals surface area contributed by atoms with Crippen LogP contribution in [-0.2, 0) is 19.1 Å². The smallest absolute Gasteiger partial charge is 0.347 e. The van der Waals surface area contributed by atoms with Crippen LogP contribution in [-0.4, -0.2) is 18.2 Å². The fourth-order valence-corrected chi connectivity index (χ4v) is 1.86. The van der Waals surface area contributed by atoms with Crippen molar-refractivity contribution in [1.82, 2.24) is 0 Å². The SMILES string of the molecule is CC1=CC(O/C=C2/C(=O)Oc3ccccc32)OC1=O. The molecule has 3 rings (SSSR count). The number of cyclic esters (lactones) is 1. The summed E-state index contributed by atoms with van der Waals surface area (Å²) in [4.78, 5) is 22.8. The predicted octanol–water partition coefficient (Wildman–Crippen LogP) is 1.79. The predicted molar refractivity (Wildman–Crippen MR) is 64.8 cm³/mol. The highest BCUT2D eigenvalue weighted by atomic mass is 16.7. The van der Waals surface area contributed by atoms with E-state index in [2.05, 4.69) is 0 Å². The molecule has 0 N–H and O–H groups in total. The molecule has 1 unspecified atom stereocenters. The standard InChI is InChI=1S/C14H10O5/c1-8-6-12(19-13(8)15)17-7-10-9-4-2-3-5-11(9)18-14(10)16/h2-7,12H,1H3/b10-7+. The molecule has 0 saturated heterocycles. The first-order valence-corrected chi connectivity index (χ1v) is 5.72. The lowest BCUT2D eigenvalue weighted by atomic mass is 10.1. The van der Waals surface area contributed by atoms with Crippen LogP contribution in [0.3, 0.4) is 0 Å². The van der Waals surface area contributed by atoms with Gasteiger partial charge in [0.05, 0.1) is 0 Å². The Morgan fingerprint density at radius 3 is 2.74 bits per heavy atom. The van der Waals surface area contributed by atoms with Crippen molar-refractivity contribution in [3.63, 3.8) is 0 Å². The van der Waals surface area contributed by atoms with Gasteiger partial charge in [-0.1, -0.05) is 18.2 Å². The van der Waals surface area contributed by atoms with E-state index in [1.807, 2.05) is 0 Å². The van der Waals surface area contributed by atoms with Crippen LogP contribution in [0.5, 0.6) is 5.75 Å². The Morgan fingerprint density at radius 1 is 1.21 bits per heavy atom. The van der Waals surface area contributed by atoms with Gasteiger partial charge in [-0.2, -0.15) is 0 Å². The summed E-state index contributed by atoms with van der Waals surface area (Å²) >= 11 is 0. The number of carbonyl (C=O) groups excluding carboxylic acids is 2. The van der Waals surface area contributed by atoms with Crippen molar-refractivity contribution in [2.24, 2.45) is 0 Å². The Labute approximate surface area is 109 Å². The highest BCUT2D eigenvalue weighted by Crippen LogP contribution is 2.33. The molecule has 5 nitrogen and oxygen atoms in total. The van der Waals surface area contributed by atoms with Crippen LogP contribution < -0.4 is 4.74 Å². The summed E-state index contributed by atoms with van der Waals surface area (Å²) in [6, 6.07) is 7.04. The van der Waals surface area contributed by atoms with Gasteiger partial charge in [0.25, 0.3) is 6.29 Å². The minimum absolute atomic E-state index is 0.310. The molecule has 0 aliphatic carbocycles. The fraction of sp³-hybridized carbons (Fsp3) is 0.143. The van der Waals surface area contributed by atoms with E-state index < -0.39 is 18.2 Å². The number of benzene rings is 1. The molecular weight excluding hydrogens is 248 g/mol. The molecule has 2 heterocycles. The number of carbonyl (C=O) groups is 2. The van der Waals surface area contributed by atoms with E-state index in [4.69, 9.17) is 14.2 Å². The maximum absolute atomic E-state index is 11.7. The molecule has 2 aliphatic rings. The number of hydrogen-bond donors (Lipinski definition) is 0. The zero-order valence-electron chi connectivity index (χ0n) is 10.1. The van der Waals surface area contributed by atoms with Gasteiger partial charge in [-0.3, -0.25) is 0 Å². The van der Waals surface area contributed by atoms with Crippen LogP contribution in [0.15, 0.2) is 42.2 Å². The Morgan fingerprint density at radius 2 is 2.00 bits per heavy atom. The van der Waals surface area contributed by atoms with Gasteiger partial charge in [-0.25, -0.2) is 9.59 Å². The molecule has 0 amide bonds. The number of ether oxygens (including phenoxy) is 3. The zero-order chi connectivity index (χ0) is 13.4. The van der Waals surface area contributed by atoms with E-state index in [1.54, 1.807) is 37.3 Å². The fourth-order valence-electron chi connectivity index (χ4n) is 1.86. The average molecular weight is 258 g/mol. The van der Waals surface area contributed by atoms with Crippen molar-refractivity contribution in [2.45, 2.75) is 13.2 Å². The van der Waals surface area contributed by atoms with E-state index in [1.165, 1.54) is 6.26 Å². The van der Waals surface area contributed by atoms with Gasteiger partial charge in [0.15, 0.2) is 0 Å². The summed E-state index contributed by atoms with van der Waals surface area (Å²) in [5.41, 5.74) is 1.46. The highest BCUT2D eigenvalue weighted by Gasteiger charge is 2.28. The van der Waals surface area contributed by atoms with Crippen molar-refractivity contribution in [1.29, 1.82) is 0 Å². The highest BCUT2D eigenvalue weighted by molar-refractivity contribution is 6.21. The largest absolute Gasteiger partial charge is 0.458 e. The third-order valence-corrected chi connectivity index (χ3v) is 2.85. The average Bonchev–Trinajstić information content (AvgIpc) is 2.87. The lowest BCUT2D eigenvalue weighted by molar-refractivity contribution is -0.152. The van der Waals surface area contributed by atoms with Crippen molar-refractivity contribution in [3.8, 4) is 5.75 Å². The molecule has 0 aromatic heterocycles. The molecule has 0 radical (unpaired) electrons. The second-order valence-corrected chi connectivity index (χ2v) is 4.18. The topological polar surface area (TPSA) is 61.8 Å². The lowest BCUT2D eigenvalue weighted by Gasteiger charge is -2.07. The third-order valence-electron chi connectivity index (χ3n) is 2.85. The lowest BCUT2D eigenvalue weighted by Crippen LogP contribution is -2.10. The summed E-state index contributed by atoms with van der Waals surface area (Å²) in [6.07, 6.45) is 2.02. The van der Waals surface area contributed by atoms with Gasteiger partial charge in [-0.15, -0.1) is 0 Å². The van der Waals surface area contributed by atoms with Gasteiger partial charge >= 0.3 is 11.9 Å². The first kappa shape index (κ1) is 11.5. The molecule has 19 heavy (non-hydrogen) atoms. The summed E-state index contributed by atoms with van der Waals surface area (Å²) in [5.74, 6) is -0.401. The van der Waals surface area contributed by atoms with Gasteiger partial charge < -0.3 is 14.2 Å². The number of para-hydroxylation sites is 1. The quantitative estimate of drug-likeness (QED) is 0.350. The van der Waals surface area contributed by atoms with E-state index in [0.29, 0.717) is 22.5 Å². The van der Waals surface area contributed by atoms with E-state index in [0.717, 1.165) is 0 Å². The van der Waals surface area contributed by atoms with E-state index >= 15 is 0 Å². The molecular formula is C14H10O5. The van der Waals surface area contributed by atoms with Gasteiger partial charge in [0.1, 0.15) is 17.6 Å². The minimum atomic E-state index is -0.791. The van der Waals surface area contributed by atoms with Crippen molar-refractivity contribution < 1.29 is 23.8 Å². The van der Waals surface area contributed by atoms with Crippen molar-refractivity contribution >= 4 is 17.5 Å². The normalized spacial score (nSPS) is 22.9. The molecule has 0 fully saturated rings. The summed E-state index contributed by atoms with van der Waals surface area (Å²) in [7, 11) is 0. The summed E-state index contributed by atoms with van der Waals surface area (Å²) < 4.78 is 15.2. The second-order valence-electron chi connectivity index (χ2n) is 4.18.